The molecule has 5 heteroatoms. The van der Waals surface area contributed by atoms with Gasteiger partial charge in [0.05, 0.1) is 13.1 Å². The lowest BCUT2D eigenvalue weighted by Crippen LogP contribution is -2.39. The van der Waals surface area contributed by atoms with Crippen LogP contribution in [0.25, 0.3) is 11.1 Å². The summed E-state index contributed by atoms with van der Waals surface area (Å²) in [5.74, 6) is -0.00803. The summed E-state index contributed by atoms with van der Waals surface area (Å²) in [7, 11) is 1.73. The maximum absolute atomic E-state index is 13.2. The number of carbonyl (C=O) groups excluding carboxylic acids is 2. The van der Waals surface area contributed by atoms with Crippen molar-refractivity contribution in [1.82, 2.24) is 9.80 Å². The highest BCUT2D eigenvalue weighted by Crippen LogP contribution is 2.34. The molecule has 1 atom stereocenters. The van der Waals surface area contributed by atoms with Crippen LogP contribution in [0.4, 0.5) is 4.79 Å². The monoisotopic (exact) mass is 350 g/mol. The average Bonchev–Trinajstić information content (AvgIpc) is 3.17. The van der Waals surface area contributed by atoms with Crippen LogP contribution in [0.3, 0.4) is 0 Å². The lowest BCUT2D eigenvalue weighted by molar-refractivity contribution is 0.0553. The molecule has 2 aliphatic heterocycles. The first kappa shape index (κ1) is 16.6. The Morgan fingerprint density at radius 2 is 1.73 bits per heavy atom. The first-order valence-corrected chi connectivity index (χ1v) is 8.87. The normalized spacial score (nSPS) is 22.2. The van der Waals surface area contributed by atoms with Crippen molar-refractivity contribution in [3.05, 3.63) is 59.7 Å². The van der Waals surface area contributed by atoms with Gasteiger partial charge >= 0.3 is 6.09 Å². The molecule has 0 bridgehead atoms. The summed E-state index contributed by atoms with van der Waals surface area (Å²) in [6, 6.07) is 15.8. The van der Waals surface area contributed by atoms with Gasteiger partial charge < -0.3 is 14.5 Å². The van der Waals surface area contributed by atoms with Crippen LogP contribution in [0.2, 0.25) is 0 Å². The minimum absolute atomic E-state index is 0.00803. The maximum atomic E-state index is 13.2. The molecule has 0 unspecified atom stereocenters. The van der Waals surface area contributed by atoms with Gasteiger partial charge in [-0.1, -0.05) is 42.5 Å². The second-order valence-corrected chi connectivity index (χ2v) is 7.24. The summed E-state index contributed by atoms with van der Waals surface area (Å²) >= 11 is 0. The van der Waals surface area contributed by atoms with E-state index in [0.717, 1.165) is 16.7 Å². The molecule has 4 rings (SSSR count). The molecular weight excluding hydrogens is 328 g/mol. The van der Waals surface area contributed by atoms with Gasteiger partial charge in [-0.3, -0.25) is 4.79 Å². The number of ether oxygens (including phenoxy) is 1. The standard InChI is InChI=1S/C21H22N2O3/c1-15-7-3-4-8-16(15)17-9-5-6-10-18(17)19(24)23-12-11-21(14-23)13-22(2)20(25)26-21/h3-10H,11-14H2,1-2H3/t21-/m1/s1. The number of carbonyl (C=O) groups is 2. The lowest BCUT2D eigenvalue weighted by Gasteiger charge is -2.22. The van der Waals surface area contributed by atoms with Crippen molar-refractivity contribution < 1.29 is 14.3 Å². The fourth-order valence-corrected chi connectivity index (χ4v) is 3.97. The Kier molecular flexibility index (Phi) is 3.94. The first-order valence-electron chi connectivity index (χ1n) is 8.87. The summed E-state index contributed by atoms with van der Waals surface area (Å²) < 4.78 is 5.57. The Labute approximate surface area is 153 Å². The fourth-order valence-electron chi connectivity index (χ4n) is 3.97. The van der Waals surface area contributed by atoms with Crippen molar-refractivity contribution in [1.29, 1.82) is 0 Å². The van der Waals surface area contributed by atoms with Crippen LogP contribution in [0.1, 0.15) is 22.3 Å². The number of likely N-dealkylation sites (N-methyl/N-ethyl adjacent to an activating group) is 1. The first-order chi connectivity index (χ1) is 12.5. The van der Waals surface area contributed by atoms with Crippen molar-refractivity contribution in [2.75, 3.05) is 26.7 Å². The second kappa shape index (κ2) is 6.16. The number of nitrogens with zero attached hydrogens (tertiary/aromatic N) is 2. The zero-order valence-electron chi connectivity index (χ0n) is 15.1. The number of benzene rings is 2. The molecule has 0 aliphatic carbocycles. The van der Waals surface area contributed by atoms with Crippen molar-refractivity contribution in [2.24, 2.45) is 0 Å². The third-order valence-electron chi connectivity index (χ3n) is 5.34. The Morgan fingerprint density at radius 3 is 2.42 bits per heavy atom. The summed E-state index contributed by atoms with van der Waals surface area (Å²) in [6.07, 6.45) is 0.376. The molecule has 2 heterocycles. The van der Waals surface area contributed by atoms with Gasteiger partial charge in [0.15, 0.2) is 5.60 Å². The van der Waals surface area contributed by atoms with E-state index in [1.807, 2.05) is 47.4 Å². The molecule has 2 saturated heterocycles. The van der Waals surface area contributed by atoms with Gasteiger partial charge in [-0.15, -0.1) is 0 Å². The van der Waals surface area contributed by atoms with Crippen LogP contribution < -0.4 is 0 Å². The maximum Gasteiger partial charge on any atom is 0.410 e. The number of amides is 2. The van der Waals surface area contributed by atoms with Crippen LogP contribution in [0, 0.1) is 6.92 Å². The molecule has 2 fully saturated rings. The van der Waals surface area contributed by atoms with Crippen LogP contribution in [-0.4, -0.2) is 54.1 Å². The SMILES string of the molecule is Cc1ccccc1-c1ccccc1C(=O)N1CC[C@@]2(CN(C)C(=O)O2)C1. The largest absolute Gasteiger partial charge is 0.439 e. The summed E-state index contributed by atoms with van der Waals surface area (Å²) in [6.45, 7) is 3.64. The van der Waals surface area contributed by atoms with Crippen LogP contribution in [0.15, 0.2) is 48.5 Å². The molecule has 0 aromatic heterocycles. The molecule has 2 aromatic rings. The van der Waals surface area contributed by atoms with Crippen molar-refractivity contribution >= 4 is 12.0 Å². The van der Waals surface area contributed by atoms with E-state index >= 15 is 0 Å². The highest BCUT2D eigenvalue weighted by molar-refractivity contribution is 6.01. The minimum atomic E-state index is -0.556. The Bertz CT molecular complexity index is 879. The zero-order chi connectivity index (χ0) is 18.3. The molecule has 2 aliphatic rings. The highest BCUT2D eigenvalue weighted by Gasteiger charge is 2.49. The molecule has 0 radical (unpaired) electrons. The fraction of sp³-hybridized carbons (Fsp3) is 0.333. The summed E-state index contributed by atoms with van der Waals surface area (Å²) in [5.41, 5.74) is 3.28. The van der Waals surface area contributed by atoms with Crippen molar-refractivity contribution in [3.8, 4) is 11.1 Å². The average molecular weight is 350 g/mol. The zero-order valence-corrected chi connectivity index (χ0v) is 15.1. The van der Waals surface area contributed by atoms with E-state index in [-0.39, 0.29) is 12.0 Å². The van der Waals surface area contributed by atoms with Crippen molar-refractivity contribution in [2.45, 2.75) is 18.9 Å². The Morgan fingerprint density at radius 1 is 1.04 bits per heavy atom. The van der Waals surface area contributed by atoms with Crippen LogP contribution in [-0.2, 0) is 4.74 Å². The second-order valence-electron chi connectivity index (χ2n) is 7.24. The quantitative estimate of drug-likeness (QED) is 0.835. The molecular formula is C21H22N2O3. The van der Waals surface area contributed by atoms with Gasteiger partial charge in [-0.05, 0) is 29.7 Å². The predicted molar refractivity (Wildman–Crippen MR) is 99.0 cm³/mol. The number of aryl methyl sites for hydroxylation is 1. The molecule has 0 saturated carbocycles. The van der Waals surface area contributed by atoms with E-state index in [1.165, 1.54) is 0 Å². The molecule has 2 amide bonds. The molecule has 26 heavy (non-hydrogen) atoms. The number of likely N-dealkylation sites (tertiary alicyclic amines) is 1. The van der Waals surface area contributed by atoms with E-state index in [0.29, 0.717) is 31.6 Å². The van der Waals surface area contributed by atoms with Crippen molar-refractivity contribution in [3.63, 3.8) is 0 Å². The van der Waals surface area contributed by atoms with Gasteiger partial charge in [0, 0.05) is 25.6 Å². The topological polar surface area (TPSA) is 49.9 Å². The Hall–Kier alpha value is -2.82. The van der Waals surface area contributed by atoms with Gasteiger partial charge in [-0.25, -0.2) is 4.79 Å². The summed E-state index contributed by atoms with van der Waals surface area (Å²) in [5, 5.41) is 0. The molecule has 1 spiro atoms. The molecule has 134 valence electrons. The van der Waals surface area contributed by atoms with Crippen LogP contribution >= 0.6 is 0 Å². The van der Waals surface area contributed by atoms with Gasteiger partial charge in [0.2, 0.25) is 0 Å². The van der Waals surface area contributed by atoms with Crippen LogP contribution in [0.5, 0.6) is 0 Å². The van der Waals surface area contributed by atoms with Gasteiger partial charge in [-0.2, -0.15) is 0 Å². The lowest BCUT2D eigenvalue weighted by atomic mass is 9.95. The van der Waals surface area contributed by atoms with E-state index in [9.17, 15) is 9.59 Å². The molecule has 0 N–H and O–H groups in total. The number of hydrogen-bond donors (Lipinski definition) is 0. The molecule has 2 aromatic carbocycles. The third kappa shape index (κ3) is 2.73. The van der Waals surface area contributed by atoms with E-state index in [4.69, 9.17) is 4.74 Å². The summed E-state index contributed by atoms with van der Waals surface area (Å²) in [4.78, 5) is 28.4. The van der Waals surface area contributed by atoms with E-state index in [2.05, 4.69) is 13.0 Å². The van der Waals surface area contributed by atoms with E-state index in [1.54, 1.807) is 11.9 Å². The van der Waals surface area contributed by atoms with E-state index < -0.39 is 5.60 Å². The minimum Gasteiger partial charge on any atom is -0.439 e. The van der Waals surface area contributed by atoms with Gasteiger partial charge in [0.25, 0.3) is 5.91 Å². The number of rotatable bonds is 2. The smallest absolute Gasteiger partial charge is 0.410 e. The number of hydrogen-bond acceptors (Lipinski definition) is 3. The highest BCUT2D eigenvalue weighted by atomic mass is 16.6. The Balaban J connectivity index is 1.63. The third-order valence-corrected chi connectivity index (χ3v) is 5.34. The van der Waals surface area contributed by atoms with Gasteiger partial charge in [0.1, 0.15) is 0 Å². The molecule has 5 nitrogen and oxygen atoms in total. The predicted octanol–water partition coefficient (Wildman–Crippen LogP) is 3.33.